The maximum Gasteiger partial charge on any atom is 0.254 e. The molecular formula is C18H20ClF2N3O2. The summed E-state index contributed by atoms with van der Waals surface area (Å²) in [7, 11) is 0. The summed E-state index contributed by atoms with van der Waals surface area (Å²) in [6.07, 6.45) is 3.02. The van der Waals surface area contributed by atoms with Gasteiger partial charge in [0.05, 0.1) is 5.69 Å². The van der Waals surface area contributed by atoms with Crippen molar-refractivity contribution >= 4 is 18.3 Å². The summed E-state index contributed by atoms with van der Waals surface area (Å²) in [5.74, 6) is -1.74. The van der Waals surface area contributed by atoms with Crippen molar-refractivity contribution in [3.8, 4) is 11.6 Å². The van der Waals surface area contributed by atoms with Gasteiger partial charge in [0.15, 0.2) is 0 Å². The van der Waals surface area contributed by atoms with Crippen LogP contribution >= 0.6 is 12.4 Å². The lowest BCUT2D eigenvalue weighted by atomic mass is 9.84. The number of carbonyl (C=O) groups excluding carboxylic acids is 1. The van der Waals surface area contributed by atoms with Crippen LogP contribution in [0.1, 0.15) is 47.7 Å². The third kappa shape index (κ3) is 4.47. The maximum atomic E-state index is 14.5. The summed E-state index contributed by atoms with van der Waals surface area (Å²) in [5, 5.41) is 0. The van der Waals surface area contributed by atoms with Gasteiger partial charge in [-0.1, -0.05) is 0 Å². The highest BCUT2D eigenvalue weighted by molar-refractivity contribution is 5.95. The van der Waals surface area contributed by atoms with E-state index in [0.717, 1.165) is 31.7 Å². The Hall–Kier alpha value is -2.25. The fraction of sp³-hybridized carbons (Fsp3) is 0.333. The third-order valence-corrected chi connectivity index (χ3v) is 4.42. The summed E-state index contributed by atoms with van der Waals surface area (Å²) in [5.41, 5.74) is 11.3. The van der Waals surface area contributed by atoms with Gasteiger partial charge in [-0.2, -0.15) is 0 Å². The van der Waals surface area contributed by atoms with Crippen LogP contribution in [0, 0.1) is 11.6 Å². The molecule has 1 amide bonds. The third-order valence-electron chi connectivity index (χ3n) is 4.42. The van der Waals surface area contributed by atoms with Crippen molar-refractivity contribution in [2.45, 2.75) is 37.6 Å². The SMILES string of the molecule is Cl.NC(=O)c1cc(F)c(C2CCC(N)CC2)nc1Oc1ccc(F)cc1. The number of carbonyl (C=O) groups is 1. The molecule has 1 heterocycles. The first kappa shape index (κ1) is 20.1. The Balaban J connectivity index is 0.00000243. The fourth-order valence-electron chi connectivity index (χ4n) is 3.03. The van der Waals surface area contributed by atoms with E-state index < -0.39 is 17.5 Å². The Bertz CT molecular complexity index is 779. The first-order chi connectivity index (χ1) is 11.9. The molecular weight excluding hydrogens is 364 g/mol. The predicted octanol–water partition coefficient (Wildman–Crippen LogP) is 3.66. The number of benzene rings is 1. The Kier molecular flexibility index (Phi) is 6.50. The molecule has 1 aromatic heterocycles. The molecule has 8 heteroatoms. The second-order valence-electron chi connectivity index (χ2n) is 6.24. The molecule has 1 aromatic carbocycles. The van der Waals surface area contributed by atoms with Gasteiger partial charge in [-0.25, -0.2) is 13.8 Å². The lowest BCUT2D eigenvalue weighted by Crippen LogP contribution is -2.26. The van der Waals surface area contributed by atoms with Gasteiger partial charge in [0, 0.05) is 12.0 Å². The fourth-order valence-corrected chi connectivity index (χ4v) is 3.03. The first-order valence-electron chi connectivity index (χ1n) is 8.13. The minimum absolute atomic E-state index is 0. The highest BCUT2D eigenvalue weighted by atomic mass is 35.5. The van der Waals surface area contributed by atoms with Crippen LogP contribution in [0.5, 0.6) is 11.6 Å². The number of halogens is 3. The number of nitrogens with two attached hydrogens (primary N) is 2. The minimum Gasteiger partial charge on any atom is -0.438 e. The molecule has 0 aliphatic heterocycles. The zero-order valence-corrected chi connectivity index (χ0v) is 14.8. The van der Waals surface area contributed by atoms with Crippen LogP contribution < -0.4 is 16.2 Å². The van der Waals surface area contributed by atoms with E-state index in [1.165, 1.54) is 24.3 Å². The molecule has 4 N–H and O–H groups in total. The van der Waals surface area contributed by atoms with Crippen LogP contribution in [0.3, 0.4) is 0 Å². The van der Waals surface area contributed by atoms with Crippen molar-refractivity contribution in [3.63, 3.8) is 0 Å². The summed E-state index contributed by atoms with van der Waals surface area (Å²) in [6, 6.07) is 6.39. The maximum absolute atomic E-state index is 14.5. The molecule has 0 saturated heterocycles. The molecule has 26 heavy (non-hydrogen) atoms. The number of rotatable bonds is 4. The van der Waals surface area contributed by atoms with Crippen LogP contribution in [0.2, 0.25) is 0 Å². The van der Waals surface area contributed by atoms with Crippen molar-refractivity contribution in [2.24, 2.45) is 11.5 Å². The molecule has 0 spiro atoms. The Morgan fingerprint density at radius 2 is 1.73 bits per heavy atom. The normalized spacial score (nSPS) is 19.5. The summed E-state index contributed by atoms with van der Waals surface area (Å²) in [4.78, 5) is 15.8. The van der Waals surface area contributed by atoms with E-state index in [0.29, 0.717) is 0 Å². The lowest BCUT2D eigenvalue weighted by Gasteiger charge is -2.26. The van der Waals surface area contributed by atoms with E-state index >= 15 is 0 Å². The van der Waals surface area contributed by atoms with Crippen LogP contribution in [-0.4, -0.2) is 16.9 Å². The molecule has 3 rings (SSSR count). The topological polar surface area (TPSA) is 91.2 Å². The molecule has 1 fully saturated rings. The molecule has 5 nitrogen and oxygen atoms in total. The summed E-state index contributed by atoms with van der Waals surface area (Å²) < 4.78 is 33.0. The van der Waals surface area contributed by atoms with Crippen molar-refractivity contribution in [1.29, 1.82) is 0 Å². The number of primary amides is 1. The van der Waals surface area contributed by atoms with E-state index in [2.05, 4.69) is 4.98 Å². The number of ether oxygens (including phenoxy) is 1. The zero-order chi connectivity index (χ0) is 18.0. The van der Waals surface area contributed by atoms with Gasteiger partial charge in [0.25, 0.3) is 5.91 Å². The molecule has 0 radical (unpaired) electrons. The van der Waals surface area contributed by atoms with Crippen LogP contribution in [-0.2, 0) is 0 Å². The Labute approximate surface area is 156 Å². The number of hydrogen-bond donors (Lipinski definition) is 2. The molecule has 0 atom stereocenters. The molecule has 140 valence electrons. The Morgan fingerprint density at radius 1 is 1.12 bits per heavy atom. The Morgan fingerprint density at radius 3 is 2.31 bits per heavy atom. The average molecular weight is 384 g/mol. The van der Waals surface area contributed by atoms with Crippen molar-refractivity contribution in [2.75, 3.05) is 0 Å². The van der Waals surface area contributed by atoms with Gasteiger partial charge in [0.1, 0.15) is 22.9 Å². The highest BCUT2D eigenvalue weighted by Gasteiger charge is 2.26. The van der Waals surface area contributed by atoms with E-state index in [1.54, 1.807) is 0 Å². The van der Waals surface area contributed by atoms with Crippen molar-refractivity contribution in [3.05, 3.63) is 53.2 Å². The standard InChI is InChI=1S/C18H19F2N3O2.ClH/c19-11-3-7-13(8-4-11)25-18-14(17(22)24)9-15(20)16(23-18)10-1-5-12(21)6-2-10;/h3-4,7-10,12H,1-2,5-6,21H2,(H2,22,24);1H. The quantitative estimate of drug-likeness (QED) is 0.842. The largest absolute Gasteiger partial charge is 0.438 e. The number of pyridine rings is 1. The molecule has 1 aliphatic carbocycles. The van der Waals surface area contributed by atoms with Gasteiger partial charge < -0.3 is 16.2 Å². The van der Waals surface area contributed by atoms with E-state index in [9.17, 15) is 13.6 Å². The molecule has 2 aromatic rings. The van der Waals surface area contributed by atoms with Gasteiger partial charge in [0.2, 0.25) is 5.88 Å². The molecule has 0 unspecified atom stereocenters. The monoisotopic (exact) mass is 383 g/mol. The second-order valence-corrected chi connectivity index (χ2v) is 6.24. The van der Waals surface area contributed by atoms with E-state index in [1.807, 2.05) is 0 Å². The number of hydrogen-bond acceptors (Lipinski definition) is 4. The van der Waals surface area contributed by atoms with Gasteiger partial charge in [-0.15, -0.1) is 12.4 Å². The second kappa shape index (κ2) is 8.42. The minimum atomic E-state index is -0.847. The molecule has 1 aliphatic rings. The van der Waals surface area contributed by atoms with Gasteiger partial charge in [-0.3, -0.25) is 4.79 Å². The van der Waals surface area contributed by atoms with Gasteiger partial charge in [-0.05, 0) is 56.0 Å². The number of aromatic nitrogens is 1. The smallest absolute Gasteiger partial charge is 0.254 e. The number of amides is 1. The summed E-state index contributed by atoms with van der Waals surface area (Å²) in [6.45, 7) is 0. The van der Waals surface area contributed by atoms with Gasteiger partial charge >= 0.3 is 0 Å². The zero-order valence-electron chi connectivity index (χ0n) is 14.0. The summed E-state index contributed by atoms with van der Waals surface area (Å²) >= 11 is 0. The van der Waals surface area contributed by atoms with E-state index in [-0.39, 0.29) is 47.3 Å². The highest BCUT2D eigenvalue weighted by Crippen LogP contribution is 2.35. The van der Waals surface area contributed by atoms with E-state index in [4.69, 9.17) is 16.2 Å². The van der Waals surface area contributed by atoms with Crippen LogP contribution in [0.15, 0.2) is 30.3 Å². The predicted molar refractivity (Wildman–Crippen MR) is 95.6 cm³/mol. The van der Waals surface area contributed by atoms with Crippen molar-refractivity contribution in [1.82, 2.24) is 4.98 Å². The van der Waals surface area contributed by atoms with Crippen LogP contribution in [0.4, 0.5) is 8.78 Å². The lowest BCUT2D eigenvalue weighted by molar-refractivity contribution is 0.0996. The molecule has 0 bridgehead atoms. The van der Waals surface area contributed by atoms with Crippen LogP contribution in [0.25, 0.3) is 0 Å². The number of nitrogens with zero attached hydrogens (tertiary/aromatic N) is 1. The van der Waals surface area contributed by atoms with Crippen molar-refractivity contribution < 1.29 is 18.3 Å². The first-order valence-corrected chi connectivity index (χ1v) is 8.13. The molecule has 1 saturated carbocycles. The average Bonchev–Trinajstić information content (AvgIpc) is 2.59.